The molecule has 0 aliphatic heterocycles. The van der Waals surface area contributed by atoms with Crippen LogP contribution in [-0.2, 0) is 5.41 Å². The minimum absolute atomic E-state index is 0.105. The first kappa shape index (κ1) is 17.6. The van der Waals surface area contributed by atoms with E-state index in [1.807, 2.05) is 27.7 Å². The third kappa shape index (κ3) is 5.92. The van der Waals surface area contributed by atoms with E-state index in [1.165, 1.54) is 11.1 Å². The number of benzene rings is 1. The topological polar surface area (TPSA) is 26.0 Å². The molecule has 0 bridgehead atoms. The maximum atomic E-state index is 5.68. The van der Waals surface area contributed by atoms with Crippen LogP contribution in [0.25, 0.3) is 0 Å². The van der Waals surface area contributed by atoms with E-state index in [9.17, 15) is 0 Å². The summed E-state index contributed by atoms with van der Waals surface area (Å²) >= 11 is 0. The van der Waals surface area contributed by atoms with Gasteiger partial charge in [-0.3, -0.25) is 0 Å². The van der Waals surface area contributed by atoms with Crippen molar-refractivity contribution >= 4 is 0 Å². The van der Waals surface area contributed by atoms with Crippen molar-refractivity contribution in [1.29, 1.82) is 0 Å². The van der Waals surface area contributed by atoms with Crippen molar-refractivity contribution in [2.45, 2.75) is 53.9 Å². The highest BCUT2D eigenvalue weighted by Crippen LogP contribution is 2.21. The van der Waals surface area contributed by atoms with E-state index in [2.05, 4.69) is 45.0 Å². The van der Waals surface area contributed by atoms with Crippen molar-refractivity contribution in [2.75, 3.05) is 6.54 Å². The summed E-state index contributed by atoms with van der Waals surface area (Å²) in [6, 6.07) is 8.57. The smallest absolute Gasteiger partial charge is 0.00190 e. The number of hydrogen-bond donors (Lipinski definition) is 1. The second-order valence-corrected chi connectivity index (χ2v) is 3.95. The van der Waals surface area contributed by atoms with Gasteiger partial charge in [-0.15, -0.1) is 0 Å². The normalized spacial score (nSPS) is 9.50. The second-order valence-electron chi connectivity index (χ2n) is 3.95. The molecule has 2 N–H and O–H groups in total. The lowest BCUT2D eigenvalue weighted by Crippen LogP contribution is -2.27. The van der Waals surface area contributed by atoms with Crippen LogP contribution < -0.4 is 5.73 Å². The van der Waals surface area contributed by atoms with E-state index in [1.54, 1.807) is 0 Å². The molecular weight excluding hydrogens is 194 g/mol. The highest BCUT2D eigenvalue weighted by Gasteiger charge is 2.17. The van der Waals surface area contributed by atoms with E-state index < -0.39 is 0 Å². The molecule has 0 saturated heterocycles. The lowest BCUT2D eigenvalue weighted by molar-refractivity contribution is 0.539. The van der Waals surface area contributed by atoms with Gasteiger partial charge >= 0.3 is 0 Å². The molecule has 1 aromatic rings. The van der Waals surface area contributed by atoms with Crippen molar-refractivity contribution < 1.29 is 0 Å². The summed E-state index contributed by atoms with van der Waals surface area (Å²) in [6.07, 6.45) is 0. The average molecular weight is 223 g/mol. The molecule has 0 spiro atoms. The number of nitrogens with two attached hydrogens (primary N) is 1. The Morgan fingerprint density at radius 3 is 1.62 bits per heavy atom. The van der Waals surface area contributed by atoms with Crippen LogP contribution in [0.2, 0.25) is 0 Å². The quantitative estimate of drug-likeness (QED) is 0.795. The van der Waals surface area contributed by atoms with Crippen LogP contribution in [0.1, 0.15) is 52.7 Å². The van der Waals surface area contributed by atoms with E-state index in [0.29, 0.717) is 6.54 Å². The molecule has 16 heavy (non-hydrogen) atoms. The Kier molecular flexibility index (Phi) is 10.3. The highest BCUT2D eigenvalue weighted by atomic mass is 14.6. The Labute approximate surface area is 102 Å². The molecule has 0 heterocycles. The van der Waals surface area contributed by atoms with Gasteiger partial charge in [0.2, 0.25) is 0 Å². The SMILES string of the molecule is CC.CC.Cc1ccc(C(C)(C)CN)cc1. The molecule has 0 unspecified atom stereocenters. The fourth-order valence-electron chi connectivity index (χ4n) is 1.12. The van der Waals surface area contributed by atoms with Gasteiger partial charge in [0.25, 0.3) is 0 Å². The first-order valence-electron chi connectivity index (χ1n) is 6.33. The predicted molar refractivity (Wildman–Crippen MR) is 76.0 cm³/mol. The van der Waals surface area contributed by atoms with Crippen molar-refractivity contribution in [3.05, 3.63) is 35.4 Å². The maximum Gasteiger partial charge on any atom is 0.00190 e. The Morgan fingerprint density at radius 2 is 1.31 bits per heavy atom. The van der Waals surface area contributed by atoms with Gasteiger partial charge < -0.3 is 5.73 Å². The highest BCUT2D eigenvalue weighted by molar-refractivity contribution is 5.27. The zero-order valence-electron chi connectivity index (χ0n) is 12.1. The fourth-order valence-corrected chi connectivity index (χ4v) is 1.12. The number of aryl methyl sites for hydroxylation is 1. The lowest BCUT2D eigenvalue weighted by Gasteiger charge is -2.22. The number of hydrogen-bond acceptors (Lipinski definition) is 1. The lowest BCUT2D eigenvalue weighted by atomic mass is 9.84. The van der Waals surface area contributed by atoms with Crippen molar-refractivity contribution in [2.24, 2.45) is 5.73 Å². The zero-order chi connectivity index (χ0) is 13.2. The van der Waals surface area contributed by atoms with E-state index in [0.717, 1.165) is 0 Å². The second kappa shape index (κ2) is 9.41. The Bertz CT molecular complexity index is 247. The van der Waals surface area contributed by atoms with E-state index in [4.69, 9.17) is 5.73 Å². The molecule has 94 valence electrons. The maximum absolute atomic E-state index is 5.68. The van der Waals surface area contributed by atoms with Crippen LogP contribution in [0.15, 0.2) is 24.3 Å². The molecule has 1 aromatic carbocycles. The molecule has 1 heteroatoms. The summed E-state index contributed by atoms with van der Waals surface area (Å²) in [5.74, 6) is 0. The summed E-state index contributed by atoms with van der Waals surface area (Å²) in [5.41, 5.74) is 8.39. The first-order valence-corrected chi connectivity index (χ1v) is 6.33. The predicted octanol–water partition coefficient (Wildman–Crippen LogP) is 4.28. The van der Waals surface area contributed by atoms with Crippen LogP contribution >= 0.6 is 0 Å². The molecule has 1 rings (SSSR count). The Morgan fingerprint density at radius 1 is 0.938 bits per heavy atom. The molecular formula is C15H29N. The standard InChI is InChI=1S/C11H17N.2C2H6/c1-9-4-6-10(7-5-9)11(2,3)8-12;2*1-2/h4-7H,8,12H2,1-3H3;2*1-2H3. The molecule has 0 aliphatic carbocycles. The van der Waals surface area contributed by atoms with Gasteiger partial charge in [0.15, 0.2) is 0 Å². The summed E-state index contributed by atoms with van der Waals surface area (Å²) in [4.78, 5) is 0. The van der Waals surface area contributed by atoms with Gasteiger partial charge in [0.1, 0.15) is 0 Å². The van der Waals surface area contributed by atoms with E-state index in [-0.39, 0.29) is 5.41 Å². The summed E-state index contributed by atoms with van der Waals surface area (Å²) in [6.45, 7) is 15.1. The molecule has 0 saturated carbocycles. The van der Waals surface area contributed by atoms with E-state index >= 15 is 0 Å². The molecule has 0 amide bonds. The van der Waals surface area contributed by atoms with Gasteiger partial charge in [-0.1, -0.05) is 71.4 Å². The molecule has 0 atom stereocenters. The van der Waals surface area contributed by atoms with Crippen LogP contribution in [0.5, 0.6) is 0 Å². The van der Waals surface area contributed by atoms with Crippen LogP contribution in [-0.4, -0.2) is 6.54 Å². The summed E-state index contributed by atoms with van der Waals surface area (Å²) in [5, 5.41) is 0. The first-order chi connectivity index (χ1) is 7.56. The third-order valence-corrected chi connectivity index (χ3v) is 2.34. The van der Waals surface area contributed by atoms with Gasteiger partial charge in [0.05, 0.1) is 0 Å². The summed E-state index contributed by atoms with van der Waals surface area (Å²) in [7, 11) is 0. The molecule has 1 nitrogen and oxygen atoms in total. The van der Waals surface area contributed by atoms with Crippen molar-refractivity contribution in [3.8, 4) is 0 Å². The van der Waals surface area contributed by atoms with Gasteiger partial charge in [0, 0.05) is 12.0 Å². The van der Waals surface area contributed by atoms with Crippen molar-refractivity contribution in [3.63, 3.8) is 0 Å². The molecule has 0 fully saturated rings. The zero-order valence-corrected chi connectivity index (χ0v) is 12.1. The average Bonchev–Trinajstić information content (AvgIpc) is 2.35. The Hall–Kier alpha value is -0.820. The fraction of sp³-hybridized carbons (Fsp3) is 0.600. The minimum atomic E-state index is 0.105. The molecule has 0 aromatic heterocycles. The molecule has 0 radical (unpaired) electrons. The van der Waals surface area contributed by atoms with Gasteiger partial charge in [-0.2, -0.15) is 0 Å². The number of rotatable bonds is 2. The minimum Gasteiger partial charge on any atom is -0.330 e. The van der Waals surface area contributed by atoms with Gasteiger partial charge in [-0.25, -0.2) is 0 Å². The largest absolute Gasteiger partial charge is 0.330 e. The van der Waals surface area contributed by atoms with Crippen molar-refractivity contribution in [1.82, 2.24) is 0 Å². The summed E-state index contributed by atoms with van der Waals surface area (Å²) < 4.78 is 0. The molecule has 0 aliphatic rings. The van der Waals surface area contributed by atoms with Crippen LogP contribution in [0.4, 0.5) is 0 Å². The van der Waals surface area contributed by atoms with Crippen LogP contribution in [0.3, 0.4) is 0 Å². The third-order valence-electron chi connectivity index (χ3n) is 2.34. The van der Waals surface area contributed by atoms with Crippen LogP contribution in [0, 0.1) is 6.92 Å². The van der Waals surface area contributed by atoms with Gasteiger partial charge in [-0.05, 0) is 12.5 Å². The Balaban J connectivity index is 0. The monoisotopic (exact) mass is 223 g/mol.